The summed E-state index contributed by atoms with van der Waals surface area (Å²) in [7, 11) is -3.59. The molecule has 0 radical (unpaired) electrons. The number of hydrogen-bond donors (Lipinski definition) is 1. The molecule has 2 rings (SSSR count). The van der Waals surface area contributed by atoms with Gasteiger partial charge in [-0.15, -0.1) is 0 Å². The van der Waals surface area contributed by atoms with Crippen molar-refractivity contribution in [2.24, 2.45) is 0 Å². The SMILES string of the molecule is Cc1cc(CNS(=O)(=O)c2cnc(Cl)s2)on1. The molecule has 2 aromatic rings. The van der Waals surface area contributed by atoms with E-state index < -0.39 is 10.0 Å². The number of rotatable bonds is 4. The molecular weight excluding hydrogens is 286 g/mol. The van der Waals surface area contributed by atoms with E-state index in [1.54, 1.807) is 13.0 Å². The number of aryl methyl sites for hydroxylation is 1. The number of aromatic nitrogens is 2. The molecule has 6 nitrogen and oxygen atoms in total. The molecule has 0 aliphatic heterocycles. The van der Waals surface area contributed by atoms with Crippen molar-refractivity contribution in [2.45, 2.75) is 17.7 Å². The van der Waals surface area contributed by atoms with Crippen LogP contribution in [0, 0.1) is 6.92 Å². The Morgan fingerprint density at radius 1 is 1.59 bits per heavy atom. The lowest BCUT2D eigenvalue weighted by molar-refractivity contribution is 0.377. The summed E-state index contributed by atoms with van der Waals surface area (Å²) < 4.78 is 31.0. The fourth-order valence-corrected chi connectivity index (χ4v) is 3.43. The molecular formula is C8H8ClN3O3S2. The van der Waals surface area contributed by atoms with E-state index >= 15 is 0 Å². The van der Waals surface area contributed by atoms with E-state index in [-0.39, 0.29) is 15.2 Å². The molecule has 2 aromatic heterocycles. The molecule has 0 saturated carbocycles. The van der Waals surface area contributed by atoms with Gasteiger partial charge in [-0.25, -0.2) is 18.1 Å². The first-order valence-electron chi connectivity index (χ1n) is 4.50. The zero-order valence-electron chi connectivity index (χ0n) is 8.68. The minimum atomic E-state index is -3.59. The molecule has 17 heavy (non-hydrogen) atoms. The van der Waals surface area contributed by atoms with Crippen LogP contribution in [0.25, 0.3) is 0 Å². The van der Waals surface area contributed by atoms with Gasteiger partial charge in [-0.05, 0) is 6.92 Å². The van der Waals surface area contributed by atoms with E-state index in [9.17, 15) is 8.42 Å². The second-order valence-electron chi connectivity index (χ2n) is 3.19. The smallest absolute Gasteiger partial charge is 0.252 e. The lowest BCUT2D eigenvalue weighted by Crippen LogP contribution is -2.22. The van der Waals surface area contributed by atoms with Gasteiger partial charge < -0.3 is 4.52 Å². The Kier molecular flexibility index (Phi) is 3.48. The minimum absolute atomic E-state index is 0.0404. The van der Waals surface area contributed by atoms with Crippen LogP contribution in [0.1, 0.15) is 11.5 Å². The van der Waals surface area contributed by atoms with Crippen molar-refractivity contribution < 1.29 is 12.9 Å². The largest absolute Gasteiger partial charge is 0.360 e. The van der Waals surface area contributed by atoms with Gasteiger partial charge in [0.15, 0.2) is 14.4 Å². The Balaban J connectivity index is 2.08. The Bertz CT molecular complexity index is 620. The van der Waals surface area contributed by atoms with E-state index in [1.807, 2.05) is 0 Å². The van der Waals surface area contributed by atoms with E-state index in [1.165, 1.54) is 6.20 Å². The van der Waals surface area contributed by atoms with E-state index in [0.717, 1.165) is 11.3 Å². The van der Waals surface area contributed by atoms with Gasteiger partial charge in [0.1, 0.15) is 0 Å². The molecule has 1 N–H and O–H groups in total. The summed E-state index contributed by atoms with van der Waals surface area (Å²) in [5, 5.41) is 3.65. The van der Waals surface area contributed by atoms with Crippen LogP contribution >= 0.6 is 22.9 Å². The molecule has 0 bridgehead atoms. The quantitative estimate of drug-likeness (QED) is 0.925. The molecule has 92 valence electrons. The maximum Gasteiger partial charge on any atom is 0.252 e. The average molecular weight is 294 g/mol. The monoisotopic (exact) mass is 293 g/mol. The third-order valence-corrected chi connectivity index (χ3v) is 4.81. The standard InChI is InChI=1S/C8H8ClN3O3S2/c1-5-2-6(15-12-5)3-11-17(13,14)7-4-10-8(9)16-7/h2,4,11H,3H2,1H3. The first-order chi connectivity index (χ1) is 7.97. The summed E-state index contributed by atoms with van der Waals surface area (Å²) in [5.41, 5.74) is 0.694. The second kappa shape index (κ2) is 4.73. The molecule has 0 aromatic carbocycles. The number of halogens is 1. The summed E-state index contributed by atoms with van der Waals surface area (Å²) in [6.07, 6.45) is 1.21. The van der Waals surface area contributed by atoms with Crippen LogP contribution in [0.2, 0.25) is 4.47 Å². The molecule has 0 aliphatic carbocycles. The summed E-state index contributed by atoms with van der Waals surface area (Å²) in [6.45, 7) is 1.79. The van der Waals surface area contributed by atoms with Crippen molar-refractivity contribution in [2.75, 3.05) is 0 Å². The predicted octanol–water partition coefficient (Wildman–Crippen LogP) is 1.57. The Labute approximate surface area is 107 Å². The van der Waals surface area contributed by atoms with Crippen molar-refractivity contribution >= 4 is 33.0 Å². The van der Waals surface area contributed by atoms with Gasteiger partial charge in [-0.2, -0.15) is 0 Å². The maximum atomic E-state index is 11.8. The lowest BCUT2D eigenvalue weighted by Gasteiger charge is -2.00. The molecule has 0 spiro atoms. The molecule has 0 fully saturated rings. The van der Waals surface area contributed by atoms with Gasteiger partial charge in [-0.1, -0.05) is 28.1 Å². The Morgan fingerprint density at radius 3 is 2.88 bits per heavy atom. The number of nitrogens with one attached hydrogen (secondary N) is 1. The van der Waals surface area contributed by atoms with Crippen LogP contribution in [0.3, 0.4) is 0 Å². The van der Waals surface area contributed by atoms with E-state index in [0.29, 0.717) is 11.5 Å². The highest BCUT2D eigenvalue weighted by atomic mass is 35.5. The van der Waals surface area contributed by atoms with Gasteiger partial charge in [0, 0.05) is 6.07 Å². The van der Waals surface area contributed by atoms with Gasteiger partial charge in [0.25, 0.3) is 10.0 Å². The summed E-state index contributed by atoms with van der Waals surface area (Å²) in [6, 6.07) is 1.65. The molecule has 0 aliphatic rings. The predicted molar refractivity (Wildman–Crippen MR) is 62.4 cm³/mol. The highest BCUT2D eigenvalue weighted by Crippen LogP contribution is 2.22. The summed E-state index contributed by atoms with van der Waals surface area (Å²) >= 11 is 6.47. The molecule has 9 heteroatoms. The summed E-state index contributed by atoms with van der Waals surface area (Å²) in [5.74, 6) is 0.446. The maximum absolute atomic E-state index is 11.8. The van der Waals surface area contributed by atoms with Crippen LogP contribution in [0.15, 0.2) is 21.0 Å². The van der Waals surface area contributed by atoms with Crippen LogP contribution in [-0.4, -0.2) is 18.6 Å². The van der Waals surface area contributed by atoms with Crippen molar-refractivity contribution in [3.8, 4) is 0 Å². The molecule has 0 unspecified atom stereocenters. The number of thiazole rings is 1. The van der Waals surface area contributed by atoms with Gasteiger partial charge in [-0.3, -0.25) is 0 Å². The minimum Gasteiger partial charge on any atom is -0.360 e. The Morgan fingerprint density at radius 2 is 2.35 bits per heavy atom. The summed E-state index contributed by atoms with van der Waals surface area (Å²) in [4.78, 5) is 3.67. The van der Waals surface area contributed by atoms with Crippen LogP contribution < -0.4 is 4.72 Å². The van der Waals surface area contributed by atoms with E-state index in [4.69, 9.17) is 16.1 Å². The van der Waals surface area contributed by atoms with Crippen molar-refractivity contribution in [3.63, 3.8) is 0 Å². The third kappa shape index (κ3) is 3.03. The second-order valence-corrected chi connectivity index (χ2v) is 6.80. The fourth-order valence-electron chi connectivity index (χ4n) is 1.10. The molecule has 0 amide bonds. The normalized spacial score (nSPS) is 11.9. The zero-order chi connectivity index (χ0) is 12.5. The fraction of sp³-hybridized carbons (Fsp3) is 0.250. The first kappa shape index (κ1) is 12.5. The molecule has 0 atom stereocenters. The topological polar surface area (TPSA) is 85.1 Å². The van der Waals surface area contributed by atoms with Gasteiger partial charge in [0.05, 0.1) is 18.4 Å². The van der Waals surface area contributed by atoms with E-state index in [2.05, 4.69) is 14.9 Å². The number of sulfonamides is 1. The molecule has 2 heterocycles. The lowest BCUT2D eigenvalue weighted by atomic mass is 10.4. The van der Waals surface area contributed by atoms with Gasteiger partial charge in [0.2, 0.25) is 0 Å². The van der Waals surface area contributed by atoms with Crippen molar-refractivity contribution in [3.05, 3.63) is 28.2 Å². The third-order valence-electron chi connectivity index (χ3n) is 1.83. The first-order valence-corrected chi connectivity index (χ1v) is 7.18. The van der Waals surface area contributed by atoms with Crippen LogP contribution in [0.5, 0.6) is 0 Å². The average Bonchev–Trinajstić information content (AvgIpc) is 2.85. The number of nitrogens with zero attached hydrogens (tertiary/aromatic N) is 2. The van der Waals surface area contributed by atoms with Crippen LogP contribution in [0.4, 0.5) is 0 Å². The highest BCUT2D eigenvalue weighted by Gasteiger charge is 2.17. The van der Waals surface area contributed by atoms with Crippen LogP contribution in [-0.2, 0) is 16.6 Å². The van der Waals surface area contributed by atoms with Crippen molar-refractivity contribution in [1.82, 2.24) is 14.9 Å². The van der Waals surface area contributed by atoms with Crippen molar-refractivity contribution in [1.29, 1.82) is 0 Å². The molecule has 0 saturated heterocycles. The Hall–Kier alpha value is -0.960. The zero-order valence-corrected chi connectivity index (χ0v) is 11.1. The highest BCUT2D eigenvalue weighted by molar-refractivity contribution is 7.91. The van der Waals surface area contributed by atoms with Gasteiger partial charge >= 0.3 is 0 Å². The number of hydrogen-bond acceptors (Lipinski definition) is 6.